The van der Waals surface area contributed by atoms with Crippen LogP contribution in [-0.2, 0) is 4.79 Å². The Hall–Kier alpha value is -3.16. The minimum Gasteiger partial charge on any atom is -0.422 e. The van der Waals surface area contributed by atoms with Gasteiger partial charge in [0.2, 0.25) is 0 Å². The fraction of sp³-hybridized carbons (Fsp3) is 0.0476. The minimum atomic E-state index is -0.630. The highest BCUT2D eigenvalue weighted by Crippen LogP contribution is 2.32. The molecule has 0 radical (unpaired) electrons. The van der Waals surface area contributed by atoms with Crippen LogP contribution in [0.4, 0.5) is 4.79 Å². The normalized spacial score (nSPS) is 15.5. The molecule has 1 saturated heterocycles. The molecule has 0 atom stereocenters. The molecule has 29 heavy (non-hydrogen) atoms. The first-order valence-electron chi connectivity index (χ1n) is 8.49. The fourth-order valence-electron chi connectivity index (χ4n) is 2.83. The van der Waals surface area contributed by atoms with Gasteiger partial charge in [-0.25, -0.2) is 4.79 Å². The minimum absolute atomic E-state index is 0.0569. The third-order valence-corrected chi connectivity index (χ3v) is 5.46. The number of thioether (sulfide) groups is 1. The maximum Gasteiger partial charge on any atom is 0.343 e. The maximum atomic E-state index is 12.6. The summed E-state index contributed by atoms with van der Waals surface area (Å²) in [6.45, 7) is -0.393. The van der Waals surface area contributed by atoms with Crippen molar-refractivity contribution in [3.8, 4) is 0 Å². The summed E-state index contributed by atoms with van der Waals surface area (Å²) in [4.78, 5) is 50.4. The first kappa shape index (κ1) is 19.2. The fourth-order valence-corrected chi connectivity index (χ4v) is 3.78. The molecule has 0 spiro atoms. The highest BCUT2D eigenvalue weighted by Gasteiger charge is 2.36. The third-order valence-electron chi connectivity index (χ3n) is 4.30. The lowest BCUT2D eigenvalue weighted by molar-refractivity contribution is -0.122. The number of ketones is 1. The van der Waals surface area contributed by atoms with Gasteiger partial charge in [-0.3, -0.25) is 19.3 Å². The lowest BCUT2D eigenvalue weighted by atomic mass is 10.1. The Bertz CT molecular complexity index is 1250. The molecule has 0 N–H and O–H groups in total. The number of para-hydroxylation sites is 1. The van der Waals surface area contributed by atoms with E-state index in [-0.39, 0.29) is 10.5 Å². The standard InChI is InChI=1S/C21H12ClNO5S/c22-15-7-5-12(6-8-15)16(24)11-23-19(25)18(29-21(23)27)10-14-9-13-3-1-2-4-17(13)28-20(14)26/h1-10H,11H2/b18-10+. The van der Waals surface area contributed by atoms with Crippen molar-refractivity contribution in [1.82, 2.24) is 4.90 Å². The van der Waals surface area contributed by atoms with Crippen molar-refractivity contribution in [1.29, 1.82) is 0 Å². The van der Waals surface area contributed by atoms with Crippen LogP contribution in [0.2, 0.25) is 5.02 Å². The van der Waals surface area contributed by atoms with Crippen LogP contribution < -0.4 is 5.63 Å². The lowest BCUT2D eigenvalue weighted by Gasteiger charge is -2.11. The van der Waals surface area contributed by atoms with Crippen molar-refractivity contribution in [3.05, 3.63) is 86.1 Å². The van der Waals surface area contributed by atoms with E-state index in [2.05, 4.69) is 0 Å². The number of carbonyl (C=O) groups is 3. The molecule has 2 amide bonds. The summed E-state index contributed by atoms with van der Waals surface area (Å²) in [5.41, 5.74) is 0.301. The van der Waals surface area contributed by atoms with Crippen LogP contribution in [0.25, 0.3) is 17.0 Å². The summed E-state index contributed by atoms with van der Waals surface area (Å²) in [6, 6.07) is 14.7. The van der Waals surface area contributed by atoms with E-state index in [0.717, 1.165) is 4.90 Å². The number of halogens is 1. The number of Topliss-reactive ketones (excluding diaryl/α,β-unsaturated/α-hetero) is 1. The molecule has 144 valence electrons. The predicted molar refractivity (Wildman–Crippen MR) is 111 cm³/mol. The zero-order chi connectivity index (χ0) is 20.5. The van der Waals surface area contributed by atoms with Crippen molar-refractivity contribution in [2.45, 2.75) is 0 Å². The Kier molecular flexibility index (Phi) is 5.08. The van der Waals surface area contributed by atoms with Gasteiger partial charge in [0.25, 0.3) is 11.1 Å². The maximum absolute atomic E-state index is 12.6. The molecule has 0 unspecified atom stereocenters. The summed E-state index contributed by atoms with van der Waals surface area (Å²) >= 11 is 6.48. The van der Waals surface area contributed by atoms with Crippen molar-refractivity contribution in [2.24, 2.45) is 0 Å². The van der Waals surface area contributed by atoms with Gasteiger partial charge < -0.3 is 4.42 Å². The van der Waals surface area contributed by atoms with Gasteiger partial charge in [0.05, 0.1) is 17.0 Å². The molecule has 1 aliphatic heterocycles. The molecular weight excluding hydrogens is 414 g/mol. The lowest BCUT2D eigenvalue weighted by Crippen LogP contribution is -2.33. The summed E-state index contributed by atoms with van der Waals surface area (Å²) < 4.78 is 5.24. The number of benzene rings is 2. The Morgan fingerprint density at radius 2 is 1.79 bits per heavy atom. The molecule has 8 heteroatoms. The van der Waals surface area contributed by atoms with Crippen LogP contribution in [0.15, 0.2) is 68.7 Å². The van der Waals surface area contributed by atoms with Crippen molar-refractivity contribution in [2.75, 3.05) is 6.54 Å². The highest BCUT2D eigenvalue weighted by atomic mass is 35.5. The smallest absolute Gasteiger partial charge is 0.343 e. The zero-order valence-electron chi connectivity index (χ0n) is 14.8. The Morgan fingerprint density at radius 3 is 2.55 bits per heavy atom. The quantitative estimate of drug-likeness (QED) is 0.350. The van der Waals surface area contributed by atoms with Gasteiger partial charge >= 0.3 is 5.63 Å². The van der Waals surface area contributed by atoms with E-state index >= 15 is 0 Å². The first-order valence-corrected chi connectivity index (χ1v) is 9.69. The number of nitrogens with zero attached hydrogens (tertiary/aromatic N) is 1. The van der Waals surface area contributed by atoms with Gasteiger partial charge in [0.15, 0.2) is 5.78 Å². The van der Waals surface area contributed by atoms with Crippen LogP contribution in [-0.4, -0.2) is 28.4 Å². The third kappa shape index (κ3) is 3.87. The van der Waals surface area contributed by atoms with Crippen LogP contribution in [0.5, 0.6) is 0 Å². The second-order valence-corrected chi connectivity index (χ2v) is 7.65. The topological polar surface area (TPSA) is 84.7 Å². The van der Waals surface area contributed by atoms with Crippen molar-refractivity contribution in [3.63, 3.8) is 0 Å². The Labute approximate surface area is 173 Å². The van der Waals surface area contributed by atoms with E-state index in [1.807, 2.05) is 0 Å². The summed E-state index contributed by atoms with van der Waals surface area (Å²) in [5.74, 6) is -1.02. The van der Waals surface area contributed by atoms with E-state index in [0.29, 0.717) is 33.3 Å². The van der Waals surface area contributed by atoms with Crippen LogP contribution in [0.3, 0.4) is 0 Å². The monoisotopic (exact) mass is 425 g/mol. The second-order valence-electron chi connectivity index (χ2n) is 6.22. The van der Waals surface area contributed by atoms with Crippen molar-refractivity contribution >= 4 is 57.3 Å². The second kappa shape index (κ2) is 7.69. The summed E-state index contributed by atoms with van der Waals surface area (Å²) in [7, 11) is 0. The zero-order valence-corrected chi connectivity index (χ0v) is 16.3. The molecule has 2 aromatic carbocycles. The number of hydrogen-bond donors (Lipinski definition) is 0. The molecule has 0 saturated carbocycles. The number of hydrogen-bond acceptors (Lipinski definition) is 6. The number of imide groups is 1. The average Bonchev–Trinajstić information content (AvgIpc) is 2.96. The molecule has 0 aliphatic carbocycles. The molecule has 0 bridgehead atoms. The van der Waals surface area contributed by atoms with E-state index in [4.69, 9.17) is 16.0 Å². The molecule has 1 fully saturated rings. The van der Waals surface area contributed by atoms with E-state index < -0.39 is 29.1 Å². The van der Waals surface area contributed by atoms with Gasteiger partial charge in [0, 0.05) is 16.0 Å². The molecule has 3 aromatic rings. The molecule has 1 aromatic heterocycles. The van der Waals surface area contributed by atoms with Gasteiger partial charge in [-0.05, 0) is 54.2 Å². The van der Waals surface area contributed by atoms with Crippen LogP contribution in [0.1, 0.15) is 15.9 Å². The number of carbonyl (C=O) groups excluding carboxylic acids is 3. The number of rotatable bonds is 4. The summed E-state index contributed by atoms with van der Waals surface area (Å²) in [6.07, 6.45) is 1.32. The molecule has 2 heterocycles. The summed E-state index contributed by atoms with van der Waals surface area (Å²) in [5, 5.41) is 0.592. The molecule has 4 rings (SSSR count). The number of fused-ring (bicyclic) bond motifs is 1. The van der Waals surface area contributed by atoms with Gasteiger partial charge in [-0.1, -0.05) is 29.8 Å². The average molecular weight is 426 g/mol. The highest BCUT2D eigenvalue weighted by molar-refractivity contribution is 8.18. The Morgan fingerprint density at radius 1 is 1.07 bits per heavy atom. The molecule has 1 aliphatic rings. The van der Waals surface area contributed by atoms with E-state index in [1.54, 1.807) is 42.5 Å². The van der Waals surface area contributed by atoms with Crippen LogP contribution >= 0.6 is 23.4 Å². The van der Waals surface area contributed by atoms with Gasteiger partial charge in [-0.15, -0.1) is 0 Å². The number of amides is 2. The van der Waals surface area contributed by atoms with Gasteiger partial charge in [-0.2, -0.15) is 0 Å². The van der Waals surface area contributed by atoms with E-state index in [1.165, 1.54) is 18.2 Å². The molecule has 6 nitrogen and oxygen atoms in total. The van der Waals surface area contributed by atoms with E-state index in [9.17, 15) is 19.2 Å². The van der Waals surface area contributed by atoms with Gasteiger partial charge in [0.1, 0.15) is 5.58 Å². The molecular formula is C21H12ClNO5S. The largest absolute Gasteiger partial charge is 0.422 e. The SMILES string of the molecule is O=C(CN1C(=O)S/C(=C/c2cc3ccccc3oc2=O)C1=O)c1ccc(Cl)cc1. The van der Waals surface area contributed by atoms with Crippen molar-refractivity contribution < 1.29 is 18.8 Å². The van der Waals surface area contributed by atoms with Crippen LogP contribution in [0, 0.1) is 0 Å². The predicted octanol–water partition coefficient (Wildman–Crippen LogP) is 4.37. The first-order chi connectivity index (χ1) is 13.9. The Balaban J connectivity index is 1.59.